The third kappa shape index (κ3) is 7.13. The molecule has 0 saturated heterocycles. The second kappa shape index (κ2) is 12.1. The first kappa shape index (κ1) is 24.4. The van der Waals surface area contributed by atoms with E-state index < -0.39 is 0 Å². The fourth-order valence-corrected chi connectivity index (χ4v) is 4.03. The predicted molar refractivity (Wildman–Crippen MR) is 129 cm³/mol. The molecule has 0 unspecified atom stereocenters. The number of anilines is 1. The number of halogens is 3. The number of benzene rings is 1. The van der Waals surface area contributed by atoms with Gasteiger partial charge in [-0.05, 0) is 36.8 Å². The Morgan fingerprint density at radius 3 is 2.72 bits per heavy atom. The van der Waals surface area contributed by atoms with Gasteiger partial charge in [-0.3, -0.25) is 4.79 Å². The van der Waals surface area contributed by atoms with Crippen molar-refractivity contribution in [2.24, 2.45) is 0 Å². The van der Waals surface area contributed by atoms with Crippen LogP contribution in [0.2, 0.25) is 15.1 Å². The maximum Gasteiger partial charge on any atom is 0.236 e. The summed E-state index contributed by atoms with van der Waals surface area (Å²) in [6.45, 7) is 4.79. The number of hydrogen-bond donors (Lipinski definition) is 1. The van der Waals surface area contributed by atoms with Crippen LogP contribution in [0.3, 0.4) is 0 Å². The van der Waals surface area contributed by atoms with Crippen LogP contribution < -0.4 is 10.1 Å². The highest BCUT2D eigenvalue weighted by atomic mass is 35.5. The Kier molecular flexibility index (Phi) is 9.23. The normalized spacial score (nSPS) is 10.7. The molecule has 1 aromatic carbocycles. The minimum Gasteiger partial charge on any atom is -0.492 e. The topological polar surface area (TPSA) is 81.9 Å². The molecule has 0 aliphatic rings. The van der Waals surface area contributed by atoms with Crippen molar-refractivity contribution in [2.45, 2.75) is 24.5 Å². The Morgan fingerprint density at radius 1 is 1.19 bits per heavy atom. The minimum atomic E-state index is -0.201. The molecule has 1 N–H and O–H groups in total. The van der Waals surface area contributed by atoms with Gasteiger partial charge in [0, 0.05) is 24.2 Å². The van der Waals surface area contributed by atoms with Crippen LogP contribution in [0.4, 0.5) is 5.82 Å². The number of pyridine rings is 1. The number of amides is 1. The van der Waals surface area contributed by atoms with E-state index in [1.807, 2.05) is 4.57 Å². The highest BCUT2D eigenvalue weighted by molar-refractivity contribution is 7.99. The van der Waals surface area contributed by atoms with Crippen LogP contribution in [0.1, 0.15) is 12.2 Å². The summed E-state index contributed by atoms with van der Waals surface area (Å²) in [4.78, 5) is 16.3. The molecule has 0 aliphatic carbocycles. The minimum absolute atomic E-state index is 0.164. The van der Waals surface area contributed by atoms with E-state index >= 15 is 0 Å². The highest BCUT2D eigenvalue weighted by Crippen LogP contribution is 2.27. The predicted octanol–water partition coefficient (Wildman–Crippen LogP) is 5.56. The number of carbonyl (C=O) groups excluding carboxylic acids is 1. The number of aromatic nitrogens is 4. The van der Waals surface area contributed by atoms with Gasteiger partial charge in [-0.25, -0.2) is 4.98 Å². The fraction of sp³-hybridized carbons (Fsp3) is 0.238. The third-order valence-electron chi connectivity index (χ3n) is 4.13. The van der Waals surface area contributed by atoms with E-state index in [2.05, 4.69) is 27.1 Å². The van der Waals surface area contributed by atoms with Crippen molar-refractivity contribution in [3.63, 3.8) is 0 Å². The monoisotopic (exact) mass is 511 g/mol. The zero-order valence-corrected chi connectivity index (χ0v) is 20.0. The Hall–Kier alpha value is -2.26. The molecule has 0 bridgehead atoms. The van der Waals surface area contributed by atoms with Gasteiger partial charge < -0.3 is 14.6 Å². The summed E-state index contributed by atoms with van der Waals surface area (Å²) >= 11 is 19.1. The van der Waals surface area contributed by atoms with Crippen LogP contribution in [0.5, 0.6) is 5.75 Å². The van der Waals surface area contributed by atoms with Crippen LogP contribution >= 0.6 is 46.6 Å². The molecule has 0 aliphatic heterocycles. The third-order valence-corrected chi connectivity index (χ3v) is 5.85. The van der Waals surface area contributed by atoms with Crippen LogP contribution in [-0.4, -0.2) is 38.0 Å². The first-order valence-corrected chi connectivity index (χ1v) is 11.7. The first-order chi connectivity index (χ1) is 15.5. The maximum atomic E-state index is 12.2. The van der Waals surface area contributed by atoms with Crippen molar-refractivity contribution in [3.05, 3.63) is 70.1 Å². The van der Waals surface area contributed by atoms with Gasteiger partial charge >= 0.3 is 0 Å². The number of nitrogens with zero attached hydrogens (tertiary/aromatic N) is 4. The molecule has 0 radical (unpaired) electrons. The van der Waals surface area contributed by atoms with E-state index in [4.69, 9.17) is 39.5 Å². The highest BCUT2D eigenvalue weighted by Gasteiger charge is 2.14. The molecular weight excluding hydrogens is 493 g/mol. The Balaban J connectivity index is 1.52. The molecule has 2 aromatic heterocycles. The van der Waals surface area contributed by atoms with E-state index in [0.717, 1.165) is 5.82 Å². The molecule has 2 heterocycles. The number of allylic oxidation sites excluding steroid dienone is 1. The van der Waals surface area contributed by atoms with E-state index in [1.165, 1.54) is 18.0 Å². The van der Waals surface area contributed by atoms with Crippen LogP contribution in [0.25, 0.3) is 0 Å². The smallest absolute Gasteiger partial charge is 0.236 e. The van der Waals surface area contributed by atoms with Crippen molar-refractivity contribution in [3.8, 4) is 5.75 Å². The van der Waals surface area contributed by atoms with Crippen molar-refractivity contribution in [1.29, 1.82) is 0 Å². The van der Waals surface area contributed by atoms with Gasteiger partial charge in [-0.15, -0.1) is 16.8 Å². The molecule has 168 valence electrons. The number of aryl methyl sites for hydroxylation is 1. The standard InChI is InChI=1S/C21H20Cl3N5O2S/c1-2-9-29-19(4-3-10-31-17-7-5-14(22)11-16(17)24)27-28-21(29)32-13-20(30)26-18-8-6-15(23)12-25-18/h2,5-8,11-12H,1,3-4,9-10,13H2,(H,25,26,30). The van der Waals surface area contributed by atoms with Gasteiger partial charge in [0.05, 0.1) is 22.4 Å². The van der Waals surface area contributed by atoms with Gasteiger partial charge in [0.1, 0.15) is 17.4 Å². The molecule has 32 heavy (non-hydrogen) atoms. The van der Waals surface area contributed by atoms with Gasteiger partial charge in [-0.1, -0.05) is 52.6 Å². The van der Waals surface area contributed by atoms with E-state index in [-0.39, 0.29) is 11.7 Å². The van der Waals surface area contributed by atoms with E-state index in [1.54, 1.807) is 36.4 Å². The van der Waals surface area contributed by atoms with E-state index in [0.29, 0.717) is 57.8 Å². The number of rotatable bonds is 11. The van der Waals surface area contributed by atoms with Crippen molar-refractivity contribution in [1.82, 2.24) is 19.7 Å². The molecule has 3 rings (SSSR count). The van der Waals surface area contributed by atoms with Gasteiger partial charge in [0.2, 0.25) is 5.91 Å². The SMILES string of the molecule is C=CCn1c(CCCOc2ccc(Cl)cc2Cl)nnc1SCC(=O)Nc1ccc(Cl)cn1. The second-order valence-corrected chi connectivity index (χ2v) is 8.75. The summed E-state index contributed by atoms with van der Waals surface area (Å²) in [6.07, 6.45) is 4.59. The summed E-state index contributed by atoms with van der Waals surface area (Å²) in [7, 11) is 0. The number of thioether (sulfide) groups is 1. The lowest BCUT2D eigenvalue weighted by Crippen LogP contribution is -2.15. The Bertz CT molecular complexity index is 1080. The zero-order valence-electron chi connectivity index (χ0n) is 16.9. The van der Waals surface area contributed by atoms with Gasteiger partial charge in [0.25, 0.3) is 0 Å². The van der Waals surface area contributed by atoms with Gasteiger partial charge in [-0.2, -0.15) is 0 Å². The van der Waals surface area contributed by atoms with Gasteiger partial charge in [0.15, 0.2) is 5.16 Å². The molecule has 0 atom stereocenters. The zero-order chi connectivity index (χ0) is 22.9. The van der Waals surface area contributed by atoms with Crippen LogP contribution in [-0.2, 0) is 17.8 Å². The Morgan fingerprint density at radius 2 is 2.00 bits per heavy atom. The quantitative estimate of drug-likeness (QED) is 0.206. The van der Waals surface area contributed by atoms with Crippen LogP contribution in [0.15, 0.2) is 54.3 Å². The summed E-state index contributed by atoms with van der Waals surface area (Å²) < 4.78 is 7.65. The molecule has 7 nitrogen and oxygen atoms in total. The summed E-state index contributed by atoms with van der Waals surface area (Å²) in [5.41, 5.74) is 0. The second-order valence-electron chi connectivity index (χ2n) is 6.52. The molecule has 11 heteroatoms. The average molecular weight is 513 g/mol. The number of nitrogens with one attached hydrogen (secondary N) is 1. The molecule has 3 aromatic rings. The molecule has 0 spiro atoms. The fourth-order valence-electron chi connectivity index (χ4n) is 2.69. The lowest BCUT2D eigenvalue weighted by Gasteiger charge is -2.10. The van der Waals surface area contributed by atoms with Crippen LogP contribution in [0, 0.1) is 0 Å². The lowest BCUT2D eigenvalue weighted by molar-refractivity contribution is -0.113. The maximum absolute atomic E-state index is 12.2. The summed E-state index contributed by atoms with van der Waals surface area (Å²) in [5, 5.41) is 13.4. The number of hydrogen-bond acceptors (Lipinski definition) is 6. The van der Waals surface area contributed by atoms with Crippen molar-refractivity contribution in [2.75, 3.05) is 17.7 Å². The van der Waals surface area contributed by atoms with Crippen molar-refractivity contribution < 1.29 is 9.53 Å². The molecule has 0 saturated carbocycles. The largest absolute Gasteiger partial charge is 0.492 e. The molecule has 0 fully saturated rings. The molecule has 1 amide bonds. The first-order valence-electron chi connectivity index (χ1n) is 9.61. The summed E-state index contributed by atoms with van der Waals surface area (Å²) in [6, 6.07) is 8.41. The Labute approximate surface area is 205 Å². The number of carbonyl (C=O) groups is 1. The van der Waals surface area contributed by atoms with Crippen molar-refractivity contribution >= 4 is 58.3 Å². The average Bonchev–Trinajstić information content (AvgIpc) is 3.14. The molecular formula is C21H20Cl3N5O2S. The number of ether oxygens (including phenoxy) is 1. The summed E-state index contributed by atoms with van der Waals surface area (Å²) in [5.74, 6) is 1.78. The van der Waals surface area contributed by atoms with E-state index in [9.17, 15) is 4.79 Å². The lowest BCUT2D eigenvalue weighted by atomic mass is 10.3.